The molecule has 0 aromatic carbocycles. The van der Waals surface area contributed by atoms with Crippen LogP contribution in [0.2, 0.25) is 0 Å². The number of hydroxylamine groups is 2. The molecule has 0 aliphatic carbocycles. The van der Waals surface area contributed by atoms with E-state index in [-0.39, 0.29) is 17.2 Å². The number of thiazole rings is 1. The predicted molar refractivity (Wildman–Crippen MR) is 57.7 cm³/mol. The van der Waals surface area contributed by atoms with E-state index < -0.39 is 0 Å². The molecule has 1 rings (SSSR count). The second-order valence-corrected chi connectivity index (χ2v) is 3.94. The summed E-state index contributed by atoms with van der Waals surface area (Å²) in [5, 5.41) is 2.94. The summed E-state index contributed by atoms with van der Waals surface area (Å²) in [6.07, 6.45) is 0.266. The van der Waals surface area contributed by atoms with Gasteiger partial charge in [-0.25, -0.2) is 5.06 Å². The highest BCUT2D eigenvalue weighted by molar-refractivity contribution is 7.07. The van der Waals surface area contributed by atoms with Gasteiger partial charge in [0.15, 0.2) is 0 Å². The van der Waals surface area contributed by atoms with Gasteiger partial charge in [0.05, 0.1) is 7.11 Å². The second kappa shape index (κ2) is 5.09. The zero-order valence-electron chi connectivity index (χ0n) is 9.02. The lowest BCUT2D eigenvalue weighted by molar-refractivity contribution is -0.168. The fraction of sp³-hybridized carbons (Fsp3) is 0.556. The number of aryl methyl sites for hydroxylation is 1. The molecule has 5 nitrogen and oxygen atoms in total. The SMILES string of the molecule is CON(C)C(=O)CCn1c(C)csc1=O. The van der Waals surface area contributed by atoms with Crippen LogP contribution in [0.4, 0.5) is 0 Å². The first-order chi connectivity index (χ1) is 7.06. The summed E-state index contributed by atoms with van der Waals surface area (Å²) in [6, 6.07) is 0. The number of hydrogen-bond donors (Lipinski definition) is 0. The molecule has 0 aliphatic heterocycles. The minimum absolute atomic E-state index is 0.0274. The first-order valence-electron chi connectivity index (χ1n) is 4.52. The van der Waals surface area contributed by atoms with Crippen molar-refractivity contribution in [2.45, 2.75) is 19.9 Å². The Morgan fingerprint density at radius 3 is 2.80 bits per heavy atom. The molecule has 0 fully saturated rings. The second-order valence-electron chi connectivity index (χ2n) is 3.12. The Morgan fingerprint density at radius 2 is 2.33 bits per heavy atom. The Hall–Kier alpha value is -1.14. The van der Waals surface area contributed by atoms with Crippen molar-refractivity contribution in [1.29, 1.82) is 0 Å². The normalized spacial score (nSPS) is 10.3. The lowest BCUT2D eigenvalue weighted by Crippen LogP contribution is -2.27. The van der Waals surface area contributed by atoms with Crippen molar-refractivity contribution in [2.24, 2.45) is 0 Å². The van der Waals surface area contributed by atoms with Crippen LogP contribution in [0.5, 0.6) is 0 Å². The van der Waals surface area contributed by atoms with Crippen molar-refractivity contribution in [3.8, 4) is 0 Å². The number of aromatic nitrogens is 1. The summed E-state index contributed by atoms with van der Waals surface area (Å²) < 4.78 is 1.59. The minimum atomic E-state index is -0.144. The van der Waals surface area contributed by atoms with Gasteiger partial charge < -0.3 is 4.57 Å². The van der Waals surface area contributed by atoms with Crippen LogP contribution in [0.1, 0.15) is 12.1 Å². The fourth-order valence-electron chi connectivity index (χ4n) is 1.14. The Kier molecular flexibility index (Phi) is 4.05. The zero-order valence-corrected chi connectivity index (χ0v) is 9.84. The summed E-state index contributed by atoms with van der Waals surface area (Å²) in [5.41, 5.74) is 0.887. The van der Waals surface area contributed by atoms with Crippen molar-refractivity contribution in [1.82, 2.24) is 9.63 Å². The van der Waals surface area contributed by atoms with E-state index >= 15 is 0 Å². The molecule has 0 saturated carbocycles. The average Bonchev–Trinajstić information content (AvgIpc) is 2.54. The Morgan fingerprint density at radius 1 is 1.67 bits per heavy atom. The number of hydrogen-bond acceptors (Lipinski definition) is 4. The highest BCUT2D eigenvalue weighted by Crippen LogP contribution is 2.01. The Labute approximate surface area is 91.8 Å². The van der Waals surface area contributed by atoms with Crippen LogP contribution in [0, 0.1) is 6.92 Å². The van der Waals surface area contributed by atoms with Gasteiger partial charge in [-0.2, -0.15) is 0 Å². The van der Waals surface area contributed by atoms with Crippen LogP contribution in [0.3, 0.4) is 0 Å². The number of carbonyl (C=O) groups is 1. The summed E-state index contributed by atoms with van der Waals surface area (Å²) >= 11 is 1.15. The van der Waals surface area contributed by atoms with Crippen LogP contribution in [-0.2, 0) is 16.2 Å². The summed E-state index contributed by atoms with van der Waals surface area (Å²) in [7, 11) is 2.98. The van der Waals surface area contributed by atoms with Gasteiger partial charge in [-0.15, -0.1) is 0 Å². The predicted octanol–water partition coefficient (Wildman–Crippen LogP) is 0.628. The van der Waals surface area contributed by atoms with Gasteiger partial charge in [0.1, 0.15) is 0 Å². The molecular formula is C9H14N2O3S. The van der Waals surface area contributed by atoms with E-state index in [1.165, 1.54) is 7.11 Å². The molecule has 6 heteroatoms. The average molecular weight is 230 g/mol. The molecular weight excluding hydrogens is 216 g/mol. The molecule has 0 unspecified atom stereocenters. The quantitative estimate of drug-likeness (QED) is 0.713. The number of amides is 1. The van der Waals surface area contributed by atoms with E-state index in [1.807, 2.05) is 6.92 Å². The van der Waals surface area contributed by atoms with Gasteiger partial charge in [-0.05, 0) is 6.92 Å². The maximum atomic E-state index is 11.4. The third-order valence-corrected chi connectivity index (χ3v) is 3.03. The fourth-order valence-corrected chi connectivity index (χ4v) is 1.90. The Balaban J connectivity index is 2.58. The maximum absolute atomic E-state index is 11.4. The van der Waals surface area contributed by atoms with Gasteiger partial charge in [0.2, 0.25) is 5.91 Å². The Bertz CT molecular complexity index is 396. The standard InChI is InChI=1S/C9H14N2O3S/c1-7-6-15-9(13)11(7)5-4-8(12)10(2)14-3/h6H,4-5H2,1-3H3. The molecule has 0 saturated heterocycles. The van der Waals surface area contributed by atoms with Crippen molar-refractivity contribution < 1.29 is 9.63 Å². The van der Waals surface area contributed by atoms with E-state index in [0.717, 1.165) is 22.1 Å². The van der Waals surface area contributed by atoms with E-state index in [0.29, 0.717) is 6.54 Å². The van der Waals surface area contributed by atoms with E-state index in [4.69, 9.17) is 4.84 Å². The summed E-state index contributed by atoms with van der Waals surface area (Å²) in [6.45, 7) is 2.25. The van der Waals surface area contributed by atoms with Crippen LogP contribution < -0.4 is 4.87 Å². The van der Waals surface area contributed by atoms with Gasteiger partial charge in [-0.1, -0.05) is 11.3 Å². The number of rotatable bonds is 4. The first kappa shape index (κ1) is 11.9. The molecule has 0 aliphatic rings. The highest BCUT2D eigenvalue weighted by atomic mass is 32.1. The van der Waals surface area contributed by atoms with Crippen LogP contribution >= 0.6 is 11.3 Å². The molecule has 0 N–H and O–H groups in total. The maximum Gasteiger partial charge on any atom is 0.307 e. The van der Waals surface area contributed by atoms with Crippen LogP contribution in [0.25, 0.3) is 0 Å². The molecule has 1 amide bonds. The molecule has 84 valence electrons. The zero-order chi connectivity index (χ0) is 11.4. The topological polar surface area (TPSA) is 51.5 Å². The third kappa shape index (κ3) is 2.90. The lowest BCUT2D eigenvalue weighted by Gasteiger charge is -2.13. The molecule has 15 heavy (non-hydrogen) atoms. The molecule has 0 radical (unpaired) electrons. The molecule has 0 bridgehead atoms. The van der Waals surface area contributed by atoms with Gasteiger partial charge in [0.25, 0.3) is 0 Å². The molecule has 1 heterocycles. The summed E-state index contributed by atoms with van der Waals surface area (Å²) in [5.74, 6) is -0.144. The van der Waals surface area contributed by atoms with Crippen molar-refractivity contribution in [2.75, 3.05) is 14.2 Å². The summed E-state index contributed by atoms with van der Waals surface area (Å²) in [4.78, 5) is 27.4. The van der Waals surface area contributed by atoms with Crippen molar-refractivity contribution in [3.63, 3.8) is 0 Å². The first-order valence-corrected chi connectivity index (χ1v) is 5.40. The molecule has 1 aromatic rings. The lowest BCUT2D eigenvalue weighted by atomic mass is 10.4. The van der Waals surface area contributed by atoms with Gasteiger partial charge in [0, 0.05) is 31.1 Å². The smallest absolute Gasteiger partial charge is 0.303 e. The van der Waals surface area contributed by atoms with Gasteiger partial charge in [-0.3, -0.25) is 14.4 Å². The van der Waals surface area contributed by atoms with E-state index in [2.05, 4.69) is 0 Å². The number of carbonyl (C=O) groups excluding carboxylic acids is 1. The molecule has 0 atom stereocenters. The van der Waals surface area contributed by atoms with Crippen molar-refractivity contribution in [3.05, 3.63) is 20.7 Å². The van der Waals surface area contributed by atoms with Crippen LogP contribution in [0.15, 0.2) is 10.2 Å². The number of nitrogens with zero attached hydrogens (tertiary/aromatic N) is 2. The largest absolute Gasteiger partial charge is 0.307 e. The monoisotopic (exact) mass is 230 g/mol. The van der Waals surface area contributed by atoms with E-state index in [9.17, 15) is 9.59 Å². The van der Waals surface area contributed by atoms with Crippen LogP contribution in [-0.4, -0.2) is 29.7 Å². The third-order valence-electron chi connectivity index (χ3n) is 2.15. The minimum Gasteiger partial charge on any atom is -0.303 e. The van der Waals surface area contributed by atoms with Crippen molar-refractivity contribution >= 4 is 17.2 Å². The van der Waals surface area contributed by atoms with Gasteiger partial charge >= 0.3 is 4.87 Å². The highest BCUT2D eigenvalue weighted by Gasteiger charge is 2.09. The molecule has 1 aromatic heterocycles. The van der Waals surface area contributed by atoms with E-state index in [1.54, 1.807) is 17.0 Å². The molecule has 0 spiro atoms.